The van der Waals surface area contributed by atoms with Crippen LogP contribution >= 0.6 is 23.2 Å². The molecule has 0 amide bonds. The predicted octanol–water partition coefficient (Wildman–Crippen LogP) is 3.26. The number of carbonyl (C=O) groups excluding carboxylic acids is 1. The average molecular weight is 405 g/mol. The summed E-state index contributed by atoms with van der Waals surface area (Å²) in [5, 5.41) is 10.00. The lowest BCUT2D eigenvalue weighted by molar-refractivity contribution is -0.106. The Morgan fingerprint density at radius 3 is 2.23 bits per heavy atom. The fourth-order valence-electron chi connectivity index (χ4n) is 1.78. The minimum atomic E-state index is -0.671. The Labute approximate surface area is 160 Å². The van der Waals surface area contributed by atoms with Crippen molar-refractivity contribution in [3.05, 3.63) is 46.0 Å². The van der Waals surface area contributed by atoms with E-state index in [-0.39, 0.29) is 23.1 Å². The molecule has 142 valence electrons. The second-order valence-corrected chi connectivity index (χ2v) is 5.37. The maximum Gasteiger partial charge on any atom is 0.188 e. The second kappa shape index (κ2) is 11.6. The highest BCUT2D eigenvalue weighted by Gasteiger charge is 2.17. The van der Waals surface area contributed by atoms with E-state index in [0.29, 0.717) is 22.6 Å². The third-order valence-corrected chi connectivity index (χ3v) is 3.54. The molecule has 0 aliphatic rings. The zero-order valence-electron chi connectivity index (χ0n) is 14.3. The van der Waals surface area contributed by atoms with E-state index in [1.165, 1.54) is 46.1 Å². The third kappa shape index (κ3) is 6.08. The lowest BCUT2D eigenvalue weighted by Crippen LogP contribution is -2.04. The van der Waals surface area contributed by atoms with Gasteiger partial charge in [0.2, 0.25) is 0 Å². The van der Waals surface area contributed by atoms with Crippen LogP contribution in [0.25, 0.3) is 0 Å². The molecule has 2 rings (SSSR count). The second-order valence-electron chi connectivity index (χ2n) is 4.56. The van der Waals surface area contributed by atoms with Gasteiger partial charge in [0.25, 0.3) is 0 Å². The number of nitrogens with zero attached hydrogens (tertiary/aromatic N) is 2. The maximum absolute atomic E-state index is 10.6. The van der Waals surface area contributed by atoms with Crippen LogP contribution in [-0.4, -0.2) is 49.5 Å². The van der Waals surface area contributed by atoms with Gasteiger partial charge in [-0.25, -0.2) is 0 Å². The lowest BCUT2D eigenvalue weighted by atomic mass is 10.2. The monoisotopic (exact) mass is 404 g/mol. The molecule has 0 saturated carbocycles. The molecular weight excluding hydrogens is 387 g/mol. The van der Waals surface area contributed by atoms with Crippen LogP contribution in [0.2, 0.25) is 10.0 Å². The third-order valence-electron chi connectivity index (χ3n) is 2.93. The zero-order chi connectivity index (χ0) is 19.5. The molecule has 0 atom stereocenters. The van der Waals surface area contributed by atoms with Gasteiger partial charge in [0.15, 0.2) is 25.1 Å². The summed E-state index contributed by atoms with van der Waals surface area (Å²) in [6.45, 7) is 0.0584. The minimum Gasteiger partial charge on any atom is -0.506 e. The number of halogens is 2. The molecule has 0 radical (unpaired) electrons. The Morgan fingerprint density at radius 2 is 1.69 bits per heavy atom. The number of aldehydes is 1. The fourth-order valence-corrected chi connectivity index (χ4v) is 2.22. The van der Waals surface area contributed by atoms with E-state index in [2.05, 4.69) is 14.7 Å². The lowest BCUT2D eigenvalue weighted by Gasteiger charge is -2.15. The van der Waals surface area contributed by atoms with Crippen LogP contribution in [0, 0.1) is 0 Å². The molecule has 2 aromatic heterocycles. The van der Waals surface area contributed by atoms with E-state index in [1.807, 2.05) is 0 Å². The van der Waals surface area contributed by atoms with Crippen molar-refractivity contribution >= 4 is 29.5 Å². The van der Waals surface area contributed by atoms with Gasteiger partial charge in [0.1, 0.15) is 5.75 Å². The highest BCUT2D eigenvalue weighted by molar-refractivity contribution is 6.33. The summed E-state index contributed by atoms with van der Waals surface area (Å²) in [5.41, 5.74) is 0.676. The van der Waals surface area contributed by atoms with E-state index >= 15 is 0 Å². The highest BCUT2D eigenvalue weighted by atomic mass is 35.5. The van der Waals surface area contributed by atoms with Crippen molar-refractivity contribution in [2.45, 2.75) is 6.29 Å². The summed E-state index contributed by atoms with van der Waals surface area (Å²) in [4.78, 5) is 18.1. The molecule has 0 aromatic carbocycles. The first kappa shape index (κ1) is 22.1. The van der Waals surface area contributed by atoms with Gasteiger partial charge >= 0.3 is 0 Å². The van der Waals surface area contributed by atoms with Gasteiger partial charge in [-0.1, -0.05) is 23.2 Å². The molecule has 0 fully saturated rings. The van der Waals surface area contributed by atoms with Gasteiger partial charge in [-0.15, -0.1) is 0 Å². The smallest absolute Gasteiger partial charge is 0.188 e. The molecule has 2 heterocycles. The summed E-state index contributed by atoms with van der Waals surface area (Å²) in [7, 11) is 4.41. The summed E-state index contributed by atoms with van der Waals surface area (Å²) in [5.74, 6) is 0.283. The average Bonchev–Trinajstić information content (AvgIpc) is 2.63. The molecule has 0 spiro atoms. The molecule has 10 heteroatoms. The molecule has 8 nitrogen and oxygen atoms in total. The van der Waals surface area contributed by atoms with Gasteiger partial charge < -0.3 is 24.1 Å². The summed E-state index contributed by atoms with van der Waals surface area (Å²) in [6.07, 6.45) is 5.44. The number of rotatable bonds is 7. The van der Waals surface area contributed by atoms with Crippen LogP contribution in [0.3, 0.4) is 0 Å². The highest BCUT2D eigenvalue weighted by Crippen LogP contribution is 2.32. The van der Waals surface area contributed by atoms with Gasteiger partial charge in [0, 0.05) is 33.7 Å². The topological polar surface area (TPSA) is 100 Å². The van der Waals surface area contributed by atoms with Crippen LogP contribution in [0.4, 0.5) is 0 Å². The standard InChI is InChI=1S/C8H8ClNO3.C8H10ClNO3/c1-12-5-13-8-3-10-2-7(9)6(8)4-11;1-12-8(13-2)7-5(9)3-10-4-6(7)11/h2-4H,5H2,1H3;3-4,8,11H,1-2H3. The molecule has 0 unspecified atom stereocenters. The Balaban J connectivity index is 0.000000260. The fraction of sp³-hybridized carbons (Fsp3) is 0.312. The van der Waals surface area contributed by atoms with Crippen molar-refractivity contribution in [1.29, 1.82) is 0 Å². The number of methoxy groups -OCH3 is 3. The van der Waals surface area contributed by atoms with Crippen LogP contribution < -0.4 is 4.74 Å². The van der Waals surface area contributed by atoms with Crippen LogP contribution in [-0.2, 0) is 14.2 Å². The maximum atomic E-state index is 10.6. The first-order valence-corrected chi connectivity index (χ1v) is 7.84. The molecule has 1 N–H and O–H groups in total. The van der Waals surface area contributed by atoms with Crippen LogP contribution in [0.15, 0.2) is 24.8 Å². The van der Waals surface area contributed by atoms with Crippen molar-refractivity contribution in [3.8, 4) is 11.5 Å². The number of carbonyl (C=O) groups is 1. The van der Waals surface area contributed by atoms with Crippen LogP contribution in [0.1, 0.15) is 22.2 Å². The van der Waals surface area contributed by atoms with Crippen molar-refractivity contribution in [2.24, 2.45) is 0 Å². The molecule has 0 saturated heterocycles. The van der Waals surface area contributed by atoms with Crippen LogP contribution in [0.5, 0.6) is 11.5 Å². The minimum absolute atomic E-state index is 0.0406. The Bertz CT molecular complexity index is 693. The summed E-state index contributed by atoms with van der Waals surface area (Å²) < 4.78 is 19.6. The Kier molecular flexibility index (Phi) is 9.85. The molecule has 0 aliphatic carbocycles. The first-order chi connectivity index (χ1) is 12.5. The van der Waals surface area contributed by atoms with Gasteiger partial charge in [0.05, 0.1) is 33.6 Å². The Hall–Kier alpha value is -1.97. The molecular formula is C16H18Cl2N2O6. The van der Waals surface area contributed by atoms with Gasteiger partial charge in [-0.2, -0.15) is 0 Å². The number of ether oxygens (including phenoxy) is 4. The number of aromatic hydroxyl groups is 1. The van der Waals surface area contributed by atoms with Crippen molar-refractivity contribution in [1.82, 2.24) is 9.97 Å². The van der Waals surface area contributed by atoms with Crippen molar-refractivity contribution < 1.29 is 28.8 Å². The van der Waals surface area contributed by atoms with Crippen molar-refractivity contribution in [2.75, 3.05) is 28.1 Å². The van der Waals surface area contributed by atoms with Gasteiger partial charge in [-0.3, -0.25) is 14.8 Å². The van der Waals surface area contributed by atoms with E-state index in [4.69, 9.17) is 37.4 Å². The number of hydrogen-bond acceptors (Lipinski definition) is 8. The SMILES string of the molecule is COC(OC)c1c(O)cncc1Cl.COCOc1cncc(Cl)c1C=O. The molecule has 0 aliphatic heterocycles. The number of aromatic nitrogens is 2. The molecule has 0 bridgehead atoms. The van der Waals surface area contributed by atoms with Gasteiger partial charge in [-0.05, 0) is 0 Å². The Morgan fingerprint density at radius 1 is 1.08 bits per heavy atom. The largest absolute Gasteiger partial charge is 0.506 e. The quantitative estimate of drug-likeness (QED) is 0.554. The first-order valence-electron chi connectivity index (χ1n) is 7.08. The van der Waals surface area contributed by atoms with E-state index in [0.717, 1.165) is 0 Å². The van der Waals surface area contributed by atoms with E-state index in [9.17, 15) is 9.90 Å². The van der Waals surface area contributed by atoms with Crippen molar-refractivity contribution in [3.63, 3.8) is 0 Å². The van der Waals surface area contributed by atoms with E-state index in [1.54, 1.807) is 0 Å². The predicted molar refractivity (Wildman–Crippen MR) is 94.8 cm³/mol. The summed E-state index contributed by atoms with van der Waals surface area (Å²) >= 11 is 11.5. The summed E-state index contributed by atoms with van der Waals surface area (Å²) in [6, 6.07) is 0. The van der Waals surface area contributed by atoms with E-state index < -0.39 is 6.29 Å². The zero-order valence-corrected chi connectivity index (χ0v) is 15.8. The normalized spacial score (nSPS) is 10.2. The molecule has 26 heavy (non-hydrogen) atoms. The number of hydrogen-bond donors (Lipinski definition) is 1. The molecule has 2 aromatic rings. The number of pyridine rings is 2.